The number of aromatic nitrogens is 1. The predicted octanol–water partition coefficient (Wildman–Crippen LogP) is 2.36. The van der Waals surface area contributed by atoms with Gasteiger partial charge in [-0.05, 0) is 44.2 Å². The van der Waals surface area contributed by atoms with Gasteiger partial charge in [-0.1, -0.05) is 0 Å². The van der Waals surface area contributed by atoms with E-state index in [4.69, 9.17) is 9.47 Å². The number of carbonyl (C=O) groups excluding carboxylic acids is 4. The molecular formula is C20H19NO8. The zero-order chi connectivity index (χ0) is 21.6. The quantitative estimate of drug-likeness (QED) is 0.408. The van der Waals surface area contributed by atoms with Crippen molar-refractivity contribution in [3.8, 4) is 5.75 Å². The Morgan fingerprint density at radius 2 is 1.45 bits per heavy atom. The maximum atomic E-state index is 12.4. The molecule has 1 aromatic carbocycles. The van der Waals surface area contributed by atoms with Gasteiger partial charge in [0, 0.05) is 0 Å². The molecule has 0 saturated heterocycles. The van der Waals surface area contributed by atoms with Gasteiger partial charge in [0.2, 0.25) is 0 Å². The van der Waals surface area contributed by atoms with Crippen molar-refractivity contribution in [1.82, 2.24) is 4.98 Å². The summed E-state index contributed by atoms with van der Waals surface area (Å²) in [5, 5.41) is 0. The summed E-state index contributed by atoms with van der Waals surface area (Å²) < 4.78 is 19.4. The minimum absolute atomic E-state index is 0.00000116. The molecule has 0 atom stereocenters. The molecule has 0 amide bonds. The van der Waals surface area contributed by atoms with Crippen molar-refractivity contribution in [2.45, 2.75) is 13.8 Å². The van der Waals surface area contributed by atoms with Crippen LogP contribution in [-0.4, -0.2) is 49.7 Å². The Balaban J connectivity index is 2.32. The molecule has 152 valence electrons. The largest absolute Gasteiger partial charge is 0.465 e. The molecular weight excluding hydrogens is 382 g/mol. The van der Waals surface area contributed by atoms with Gasteiger partial charge in [0.25, 0.3) is 0 Å². The van der Waals surface area contributed by atoms with Gasteiger partial charge in [0.05, 0.1) is 43.2 Å². The van der Waals surface area contributed by atoms with E-state index >= 15 is 0 Å². The van der Waals surface area contributed by atoms with Crippen molar-refractivity contribution in [3.63, 3.8) is 0 Å². The molecule has 0 radical (unpaired) electrons. The second-order valence-corrected chi connectivity index (χ2v) is 5.67. The van der Waals surface area contributed by atoms with Crippen LogP contribution in [0.5, 0.6) is 5.75 Å². The van der Waals surface area contributed by atoms with Gasteiger partial charge in [-0.15, -0.1) is 0 Å². The Kier molecular flexibility index (Phi) is 7.02. The molecule has 9 nitrogen and oxygen atoms in total. The van der Waals surface area contributed by atoms with Crippen LogP contribution in [0.2, 0.25) is 0 Å². The fourth-order valence-corrected chi connectivity index (χ4v) is 2.39. The summed E-state index contributed by atoms with van der Waals surface area (Å²) in [4.78, 5) is 52.0. The summed E-state index contributed by atoms with van der Waals surface area (Å²) in [6.45, 7) is 3.44. The lowest BCUT2D eigenvalue weighted by atomic mass is 10.1. The molecule has 0 N–H and O–H groups in total. The third kappa shape index (κ3) is 5.16. The SMILES string of the molecule is CCOC(=O)c1ccc(C(=O)Oc2cc(C(=O)OC)cc(C(=O)OC)c2)nc1C. The highest BCUT2D eigenvalue weighted by Gasteiger charge is 2.19. The third-order valence-electron chi connectivity index (χ3n) is 3.75. The second-order valence-electron chi connectivity index (χ2n) is 5.67. The van der Waals surface area contributed by atoms with Crippen LogP contribution in [0.25, 0.3) is 0 Å². The van der Waals surface area contributed by atoms with Crippen molar-refractivity contribution in [2.75, 3.05) is 20.8 Å². The summed E-state index contributed by atoms with van der Waals surface area (Å²) in [6, 6.07) is 6.46. The number of hydrogen-bond acceptors (Lipinski definition) is 9. The molecule has 29 heavy (non-hydrogen) atoms. The van der Waals surface area contributed by atoms with Gasteiger partial charge in [0.1, 0.15) is 11.4 Å². The van der Waals surface area contributed by atoms with Crippen LogP contribution in [0.3, 0.4) is 0 Å². The first-order valence-corrected chi connectivity index (χ1v) is 8.49. The van der Waals surface area contributed by atoms with E-state index in [2.05, 4.69) is 14.5 Å². The molecule has 0 fully saturated rings. The number of rotatable bonds is 6. The molecule has 9 heteroatoms. The highest BCUT2D eigenvalue weighted by molar-refractivity contribution is 5.97. The maximum Gasteiger partial charge on any atom is 0.362 e. The number of aryl methyl sites for hydroxylation is 1. The number of methoxy groups -OCH3 is 2. The van der Waals surface area contributed by atoms with E-state index in [1.807, 2.05) is 0 Å². The molecule has 1 heterocycles. The standard InChI is InChI=1S/C20H19NO8/c1-5-28-19(24)15-6-7-16(21-11(15)2)20(25)29-14-9-12(17(22)26-3)8-13(10-14)18(23)27-4/h6-10H,5H2,1-4H3. The normalized spacial score (nSPS) is 10.1. The van der Waals surface area contributed by atoms with Gasteiger partial charge in [-0.25, -0.2) is 24.2 Å². The Morgan fingerprint density at radius 1 is 0.862 bits per heavy atom. The average molecular weight is 401 g/mol. The number of pyridine rings is 1. The number of ether oxygens (including phenoxy) is 4. The molecule has 2 aromatic rings. The molecule has 2 rings (SSSR count). The monoisotopic (exact) mass is 401 g/mol. The van der Waals surface area contributed by atoms with Crippen molar-refractivity contribution in [3.05, 3.63) is 58.4 Å². The fraction of sp³-hybridized carbons (Fsp3) is 0.250. The van der Waals surface area contributed by atoms with Crippen LogP contribution in [0.4, 0.5) is 0 Å². The zero-order valence-electron chi connectivity index (χ0n) is 16.3. The van der Waals surface area contributed by atoms with Crippen molar-refractivity contribution in [1.29, 1.82) is 0 Å². The zero-order valence-corrected chi connectivity index (χ0v) is 16.3. The minimum atomic E-state index is -0.846. The molecule has 1 aromatic heterocycles. The summed E-state index contributed by atoms with van der Waals surface area (Å²) >= 11 is 0. The van der Waals surface area contributed by atoms with E-state index in [9.17, 15) is 19.2 Å². The lowest BCUT2D eigenvalue weighted by molar-refractivity contribution is 0.0522. The predicted molar refractivity (Wildman–Crippen MR) is 99.0 cm³/mol. The van der Waals surface area contributed by atoms with Crippen molar-refractivity contribution in [2.24, 2.45) is 0 Å². The maximum absolute atomic E-state index is 12.4. The average Bonchev–Trinajstić information content (AvgIpc) is 2.72. The van der Waals surface area contributed by atoms with Gasteiger partial charge in [0.15, 0.2) is 0 Å². The number of carbonyl (C=O) groups is 4. The molecule has 0 aliphatic rings. The van der Waals surface area contributed by atoms with Gasteiger partial charge in [-0.3, -0.25) is 0 Å². The first kappa shape index (κ1) is 21.5. The summed E-state index contributed by atoms with van der Waals surface area (Å²) in [6.07, 6.45) is 0. The molecule has 0 spiro atoms. The van der Waals surface area contributed by atoms with Gasteiger partial charge < -0.3 is 18.9 Å². The Labute approximate surface area is 166 Å². The lowest BCUT2D eigenvalue weighted by Crippen LogP contribution is -2.15. The fourth-order valence-electron chi connectivity index (χ4n) is 2.39. The molecule has 0 bridgehead atoms. The summed E-state index contributed by atoms with van der Waals surface area (Å²) in [5.74, 6) is -2.92. The topological polar surface area (TPSA) is 118 Å². The Morgan fingerprint density at radius 3 is 1.93 bits per heavy atom. The Bertz CT molecular complexity index is 933. The highest BCUT2D eigenvalue weighted by Crippen LogP contribution is 2.20. The van der Waals surface area contributed by atoms with E-state index in [0.717, 1.165) is 0 Å². The summed E-state index contributed by atoms with van der Waals surface area (Å²) in [5.41, 5.74) is 0.444. The van der Waals surface area contributed by atoms with Crippen LogP contribution < -0.4 is 4.74 Å². The number of hydrogen-bond donors (Lipinski definition) is 0. The first-order valence-electron chi connectivity index (χ1n) is 8.49. The molecule has 0 unspecified atom stereocenters. The molecule has 0 aliphatic carbocycles. The minimum Gasteiger partial charge on any atom is -0.465 e. The van der Waals surface area contributed by atoms with E-state index in [-0.39, 0.29) is 40.4 Å². The smallest absolute Gasteiger partial charge is 0.362 e. The highest BCUT2D eigenvalue weighted by atomic mass is 16.5. The van der Waals surface area contributed by atoms with Crippen LogP contribution in [0.15, 0.2) is 30.3 Å². The van der Waals surface area contributed by atoms with Crippen LogP contribution >= 0.6 is 0 Å². The Hall–Kier alpha value is -3.75. The van der Waals surface area contributed by atoms with Gasteiger partial charge >= 0.3 is 23.9 Å². The van der Waals surface area contributed by atoms with Gasteiger partial charge in [-0.2, -0.15) is 0 Å². The molecule has 0 saturated carbocycles. The van der Waals surface area contributed by atoms with Crippen molar-refractivity contribution < 1.29 is 38.1 Å². The second kappa shape index (κ2) is 9.45. The third-order valence-corrected chi connectivity index (χ3v) is 3.75. The summed E-state index contributed by atoms with van der Waals surface area (Å²) in [7, 11) is 2.35. The number of benzene rings is 1. The first-order chi connectivity index (χ1) is 13.8. The van der Waals surface area contributed by atoms with E-state index in [1.165, 1.54) is 44.6 Å². The van der Waals surface area contributed by atoms with E-state index < -0.39 is 23.9 Å². The van der Waals surface area contributed by atoms with E-state index in [1.54, 1.807) is 13.8 Å². The van der Waals surface area contributed by atoms with Crippen LogP contribution in [0, 0.1) is 6.92 Å². The molecule has 0 aliphatic heterocycles. The number of nitrogens with zero attached hydrogens (tertiary/aromatic N) is 1. The lowest BCUT2D eigenvalue weighted by Gasteiger charge is -2.10. The van der Waals surface area contributed by atoms with E-state index in [0.29, 0.717) is 0 Å². The van der Waals surface area contributed by atoms with Crippen LogP contribution in [-0.2, 0) is 14.2 Å². The van der Waals surface area contributed by atoms with Crippen LogP contribution in [0.1, 0.15) is 54.2 Å². The van der Waals surface area contributed by atoms with Crippen molar-refractivity contribution >= 4 is 23.9 Å². The number of esters is 4.